The van der Waals surface area contributed by atoms with Gasteiger partial charge < -0.3 is 14.2 Å². The SMILES string of the molecule is COc1ccccc1/C=C1\Oc2c(ccc(OC(=O)c3ccccc3Cl)c2C)C1=O. The summed E-state index contributed by atoms with van der Waals surface area (Å²) >= 11 is 6.07. The third-order valence-corrected chi connectivity index (χ3v) is 5.09. The van der Waals surface area contributed by atoms with Crippen LogP contribution in [0.3, 0.4) is 0 Å². The van der Waals surface area contributed by atoms with Gasteiger partial charge in [-0.15, -0.1) is 0 Å². The second-order valence-electron chi connectivity index (χ2n) is 6.62. The number of carbonyl (C=O) groups is 2. The molecule has 30 heavy (non-hydrogen) atoms. The van der Waals surface area contributed by atoms with Gasteiger partial charge in [-0.2, -0.15) is 0 Å². The van der Waals surface area contributed by atoms with Crippen molar-refractivity contribution in [2.45, 2.75) is 6.92 Å². The maximum absolute atomic E-state index is 12.8. The summed E-state index contributed by atoms with van der Waals surface area (Å²) < 4.78 is 16.7. The number of Topliss-reactive ketones (excluding diaryl/α,β-unsaturated/α-hetero) is 1. The van der Waals surface area contributed by atoms with E-state index in [0.717, 1.165) is 5.56 Å². The number of hydrogen-bond acceptors (Lipinski definition) is 5. The van der Waals surface area contributed by atoms with Crippen molar-refractivity contribution in [2.75, 3.05) is 7.11 Å². The first-order chi connectivity index (χ1) is 14.5. The molecule has 0 N–H and O–H groups in total. The molecule has 0 unspecified atom stereocenters. The Balaban J connectivity index is 1.64. The topological polar surface area (TPSA) is 61.8 Å². The summed E-state index contributed by atoms with van der Waals surface area (Å²) in [5.74, 6) is 0.631. The van der Waals surface area contributed by atoms with Crippen molar-refractivity contribution < 1.29 is 23.8 Å². The van der Waals surface area contributed by atoms with Crippen LogP contribution in [-0.2, 0) is 0 Å². The van der Waals surface area contributed by atoms with E-state index in [9.17, 15) is 9.59 Å². The van der Waals surface area contributed by atoms with E-state index in [1.807, 2.05) is 18.2 Å². The number of halogens is 1. The van der Waals surface area contributed by atoms with Crippen molar-refractivity contribution in [1.82, 2.24) is 0 Å². The Morgan fingerprint density at radius 1 is 1.00 bits per heavy atom. The number of esters is 1. The van der Waals surface area contributed by atoms with Crippen molar-refractivity contribution in [2.24, 2.45) is 0 Å². The Bertz CT molecular complexity index is 1200. The summed E-state index contributed by atoms with van der Waals surface area (Å²) in [5.41, 5.74) is 1.93. The van der Waals surface area contributed by atoms with Gasteiger partial charge in [-0.05, 0) is 43.3 Å². The highest BCUT2D eigenvalue weighted by atomic mass is 35.5. The molecule has 1 aliphatic heterocycles. The highest BCUT2D eigenvalue weighted by Gasteiger charge is 2.31. The molecule has 5 nitrogen and oxygen atoms in total. The van der Waals surface area contributed by atoms with Crippen LogP contribution in [0, 0.1) is 6.92 Å². The molecule has 1 aliphatic rings. The van der Waals surface area contributed by atoms with Gasteiger partial charge >= 0.3 is 5.97 Å². The van der Waals surface area contributed by atoms with Crippen LogP contribution in [0.1, 0.15) is 31.8 Å². The zero-order valence-corrected chi connectivity index (χ0v) is 17.0. The first-order valence-electron chi connectivity index (χ1n) is 9.17. The van der Waals surface area contributed by atoms with E-state index >= 15 is 0 Å². The average Bonchev–Trinajstić information content (AvgIpc) is 3.07. The zero-order valence-electron chi connectivity index (χ0n) is 16.3. The van der Waals surface area contributed by atoms with Gasteiger partial charge in [0.25, 0.3) is 0 Å². The first-order valence-corrected chi connectivity index (χ1v) is 9.55. The maximum atomic E-state index is 12.8. The number of benzene rings is 3. The smallest absolute Gasteiger partial charge is 0.345 e. The van der Waals surface area contributed by atoms with Crippen molar-refractivity contribution >= 4 is 29.4 Å². The number of fused-ring (bicyclic) bond motifs is 1. The van der Waals surface area contributed by atoms with Gasteiger partial charge in [-0.25, -0.2) is 4.79 Å². The molecule has 0 saturated carbocycles. The lowest BCUT2D eigenvalue weighted by atomic mass is 10.1. The van der Waals surface area contributed by atoms with Crippen LogP contribution in [0.15, 0.2) is 66.4 Å². The number of carbonyl (C=O) groups excluding carboxylic acids is 2. The lowest BCUT2D eigenvalue weighted by molar-refractivity contribution is 0.0733. The molecule has 0 aromatic heterocycles. The molecule has 3 aromatic rings. The van der Waals surface area contributed by atoms with E-state index in [2.05, 4.69) is 0 Å². The molecule has 1 heterocycles. The Morgan fingerprint density at radius 2 is 1.73 bits per heavy atom. The molecule has 0 aliphatic carbocycles. The molecule has 4 rings (SSSR count). The summed E-state index contributed by atoms with van der Waals surface area (Å²) in [4.78, 5) is 25.3. The first kappa shape index (κ1) is 19.7. The molecular weight excluding hydrogens is 404 g/mol. The summed E-state index contributed by atoms with van der Waals surface area (Å²) in [6.45, 7) is 1.73. The molecule has 150 valence electrons. The van der Waals surface area contributed by atoms with Crippen molar-refractivity contribution in [3.05, 3.63) is 93.7 Å². The number of hydrogen-bond donors (Lipinski definition) is 0. The molecule has 0 radical (unpaired) electrons. The van der Waals surface area contributed by atoms with E-state index < -0.39 is 5.97 Å². The second-order valence-corrected chi connectivity index (χ2v) is 7.02. The van der Waals surface area contributed by atoms with Crippen LogP contribution in [0.5, 0.6) is 17.2 Å². The maximum Gasteiger partial charge on any atom is 0.345 e. The Kier molecular flexibility index (Phi) is 5.29. The van der Waals surface area contributed by atoms with Crippen molar-refractivity contribution in [3.8, 4) is 17.2 Å². The third-order valence-electron chi connectivity index (χ3n) is 4.76. The van der Waals surface area contributed by atoms with Crippen LogP contribution in [0.2, 0.25) is 5.02 Å². The molecule has 6 heteroatoms. The number of ketones is 1. The molecule has 0 bridgehead atoms. The Morgan fingerprint density at radius 3 is 2.50 bits per heavy atom. The predicted octanol–water partition coefficient (Wildman–Crippen LogP) is 5.49. The van der Waals surface area contributed by atoms with E-state index in [1.54, 1.807) is 62.6 Å². The van der Waals surface area contributed by atoms with Crippen LogP contribution in [0.25, 0.3) is 6.08 Å². The minimum Gasteiger partial charge on any atom is -0.496 e. The highest BCUT2D eigenvalue weighted by molar-refractivity contribution is 6.33. The summed E-state index contributed by atoms with van der Waals surface area (Å²) in [6.07, 6.45) is 1.63. The molecule has 3 aromatic carbocycles. The number of allylic oxidation sites excluding steroid dienone is 1. The minimum atomic E-state index is -0.585. The van der Waals surface area contributed by atoms with Gasteiger partial charge in [0.2, 0.25) is 5.78 Å². The van der Waals surface area contributed by atoms with Crippen molar-refractivity contribution in [1.29, 1.82) is 0 Å². The fourth-order valence-electron chi connectivity index (χ4n) is 3.19. The Labute approximate surface area is 178 Å². The standard InChI is InChI=1S/C24H17ClO5/c1-14-19(30-24(27)16-8-4-5-9-18(16)25)12-11-17-22(26)21(29-23(14)17)13-15-7-3-6-10-20(15)28-2/h3-13H,1-2H3/b21-13-. The van der Waals surface area contributed by atoms with Crippen LogP contribution < -0.4 is 14.2 Å². The van der Waals surface area contributed by atoms with E-state index in [-0.39, 0.29) is 17.1 Å². The zero-order chi connectivity index (χ0) is 21.3. The molecule has 0 spiro atoms. The molecular formula is C24H17ClO5. The predicted molar refractivity (Wildman–Crippen MR) is 114 cm³/mol. The van der Waals surface area contributed by atoms with Crippen LogP contribution >= 0.6 is 11.6 Å². The van der Waals surface area contributed by atoms with Gasteiger partial charge in [0, 0.05) is 11.1 Å². The number of para-hydroxylation sites is 1. The Hall–Kier alpha value is -3.57. The van der Waals surface area contributed by atoms with Gasteiger partial charge in [0.05, 0.1) is 23.3 Å². The monoisotopic (exact) mass is 420 g/mol. The quantitative estimate of drug-likeness (QED) is 0.317. The van der Waals surface area contributed by atoms with Crippen LogP contribution in [0.4, 0.5) is 0 Å². The fourth-order valence-corrected chi connectivity index (χ4v) is 3.40. The summed E-state index contributed by atoms with van der Waals surface area (Å²) in [7, 11) is 1.56. The highest BCUT2D eigenvalue weighted by Crippen LogP contribution is 2.40. The minimum absolute atomic E-state index is 0.173. The molecule has 0 atom stereocenters. The van der Waals surface area contributed by atoms with E-state index in [4.69, 9.17) is 25.8 Å². The third kappa shape index (κ3) is 3.55. The summed E-state index contributed by atoms with van der Waals surface area (Å²) in [6, 6.07) is 17.1. The second kappa shape index (κ2) is 8.05. The molecule has 0 amide bonds. The largest absolute Gasteiger partial charge is 0.496 e. The lowest BCUT2D eigenvalue weighted by Crippen LogP contribution is -2.10. The fraction of sp³-hybridized carbons (Fsp3) is 0.0833. The number of rotatable bonds is 4. The van der Waals surface area contributed by atoms with E-state index in [1.165, 1.54) is 0 Å². The van der Waals surface area contributed by atoms with Gasteiger partial charge in [-0.3, -0.25) is 4.79 Å². The van der Waals surface area contributed by atoms with Crippen LogP contribution in [-0.4, -0.2) is 18.9 Å². The number of ether oxygens (including phenoxy) is 3. The molecule has 0 fully saturated rings. The van der Waals surface area contributed by atoms with E-state index in [0.29, 0.717) is 33.4 Å². The van der Waals surface area contributed by atoms with Crippen molar-refractivity contribution in [3.63, 3.8) is 0 Å². The van der Waals surface area contributed by atoms with Gasteiger partial charge in [-0.1, -0.05) is 41.9 Å². The average molecular weight is 421 g/mol. The van der Waals surface area contributed by atoms with Gasteiger partial charge in [0.1, 0.15) is 17.2 Å². The normalized spacial score (nSPS) is 13.7. The molecule has 0 saturated heterocycles. The lowest BCUT2D eigenvalue weighted by Gasteiger charge is -2.10. The van der Waals surface area contributed by atoms with Gasteiger partial charge in [0.15, 0.2) is 5.76 Å². The summed E-state index contributed by atoms with van der Waals surface area (Å²) in [5, 5.41) is 0.301. The number of methoxy groups -OCH3 is 1.